The molecule has 0 aromatic heterocycles. The van der Waals surface area contributed by atoms with E-state index in [1.807, 2.05) is 26.0 Å². The normalized spacial score (nSPS) is 9.00. The highest BCUT2D eigenvalue weighted by atomic mass is 16.5. The van der Waals surface area contributed by atoms with Gasteiger partial charge in [-0.15, -0.1) is 0 Å². The van der Waals surface area contributed by atoms with Crippen molar-refractivity contribution >= 4 is 0 Å². The van der Waals surface area contributed by atoms with Crippen LogP contribution in [0.15, 0.2) is 24.3 Å². The van der Waals surface area contributed by atoms with Crippen molar-refractivity contribution < 1.29 is 9.47 Å². The van der Waals surface area contributed by atoms with Crippen molar-refractivity contribution in [3.05, 3.63) is 35.4 Å². The van der Waals surface area contributed by atoms with Crippen LogP contribution < -0.4 is 9.47 Å². The van der Waals surface area contributed by atoms with Gasteiger partial charge < -0.3 is 9.47 Å². The van der Waals surface area contributed by atoms with E-state index in [0.29, 0.717) is 0 Å². The van der Waals surface area contributed by atoms with Gasteiger partial charge in [-0.05, 0) is 31.6 Å². The zero-order valence-electron chi connectivity index (χ0n) is 10.2. The van der Waals surface area contributed by atoms with E-state index in [-0.39, 0.29) is 0 Å². The lowest BCUT2D eigenvalue weighted by molar-refractivity contribution is 0.353. The molecule has 0 unspecified atom stereocenters. The maximum Gasteiger partial charge on any atom is 0.164 e. The lowest BCUT2D eigenvalue weighted by atomic mass is 10.1. The molecule has 0 amide bonds. The summed E-state index contributed by atoms with van der Waals surface area (Å²) in [6.07, 6.45) is 0. The van der Waals surface area contributed by atoms with Gasteiger partial charge in [0.15, 0.2) is 11.5 Å². The van der Waals surface area contributed by atoms with Crippen LogP contribution in [0.4, 0.5) is 0 Å². The number of methoxy groups -OCH3 is 2. The van der Waals surface area contributed by atoms with Crippen LogP contribution >= 0.6 is 0 Å². The monoisotopic (exact) mass is 216 g/mol. The Kier molecular flexibility index (Phi) is 4.02. The first kappa shape index (κ1) is 12.2. The molecule has 0 heterocycles. The topological polar surface area (TPSA) is 18.5 Å². The predicted octanol–water partition coefficient (Wildman–Crippen LogP) is 2.94. The Bertz CT molecular complexity index is 462. The fourth-order valence-corrected chi connectivity index (χ4v) is 1.39. The molecule has 1 aromatic carbocycles. The van der Waals surface area contributed by atoms with Crippen molar-refractivity contribution in [2.45, 2.75) is 13.8 Å². The number of hydrogen-bond donors (Lipinski definition) is 0. The Hall–Kier alpha value is -1.88. The molecule has 0 radical (unpaired) electrons. The third-order valence-electron chi connectivity index (χ3n) is 2.20. The minimum Gasteiger partial charge on any atom is -0.493 e. The van der Waals surface area contributed by atoms with Crippen LogP contribution in [0.2, 0.25) is 0 Å². The zero-order valence-corrected chi connectivity index (χ0v) is 10.2. The predicted molar refractivity (Wildman–Crippen MR) is 66.0 cm³/mol. The Morgan fingerprint density at radius 3 is 2.44 bits per heavy atom. The van der Waals surface area contributed by atoms with Crippen molar-refractivity contribution in [3.8, 4) is 23.3 Å². The van der Waals surface area contributed by atoms with Gasteiger partial charge in [0.1, 0.15) is 0 Å². The summed E-state index contributed by atoms with van der Waals surface area (Å²) in [5.41, 5.74) is 2.76. The molecule has 0 saturated heterocycles. The first-order chi connectivity index (χ1) is 7.60. The quantitative estimate of drug-likeness (QED) is 0.708. The van der Waals surface area contributed by atoms with Crippen molar-refractivity contribution in [1.82, 2.24) is 0 Å². The molecule has 0 bridgehead atoms. The average molecular weight is 216 g/mol. The third kappa shape index (κ3) is 2.58. The summed E-state index contributed by atoms with van der Waals surface area (Å²) in [6, 6.07) is 3.78. The van der Waals surface area contributed by atoms with E-state index in [4.69, 9.17) is 9.47 Å². The summed E-state index contributed by atoms with van der Waals surface area (Å²) in [6.45, 7) is 7.59. The van der Waals surface area contributed by atoms with Crippen molar-refractivity contribution in [1.29, 1.82) is 0 Å². The van der Waals surface area contributed by atoms with Gasteiger partial charge in [-0.1, -0.05) is 18.4 Å². The molecular formula is C14H16O2. The van der Waals surface area contributed by atoms with E-state index in [2.05, 4.69) is 18.4 Å². The minimum absolute atomic E-state index is 0.723. The average Bonchev–Trinajstić information content (AvgIpc) is 2.26. The van der Waals surface area contributed by atoms with Crippen LogP contribution in [0, 0.1) is 18.8 Å². The minimum atomic E-state index is 0.723. The van der Waals surface area contributed by atoms with Crippen molar-refractivity contribution in [2.24, 2.45) is 0 Å². The Morgan fingerprint density at radius 2 is 1.94 bits per heavy atom. The standard InChI is InChI=1S/C14H16O2/c1-10(2)6-7-12-8-9-13(15-4)14(16-5)11(12)3/h8-9H,1H2,2-5H3. The van der Waals surface area contributed by atoms with Gasteiger partial charge >= 0.3 is 0 Å². The van der Waals surface area contributed by atoms with Gasteiger partial charge in [0.25, 0.3) is 0 Å². The summed E-state index contributed by atoms with van der Waals surface area (Å²) in [7, 11) is 3.25. The van der Waals surface area contributed by atoms with Crippen LogP contribution in [-0.2, 0) is 0 Å². The smallest absolute Gasteiger partial charge is 0.164 e. The largest absolute Gasteiger partial charge is 0.493 e. The van der Waals surface area contributed by atoms with E-state index in [0.717, 1.165) is 28.2 Å². The second kappa shape index (κ2) is 5.27. The molecule has 1 aromatic rings. The van der Waals surface area contributed by atoms with Crippen LogP contribution in [-0.4, -0.2) is 14.2 Å². The zero-order chi connectivity index (χ0) is 12.1. The van der Waals surface area contributed by atoms with E-state index >= 15 is 0 Å². The van der Waals surface area contributed by atoms with Gasteiger partial charge in [-0.2, -0.15) is 0 Å². The van der Waals surface area contributed by atoms with E-state index in [9.17, 15) is 0 Å². The van der Waals surface area contributed by atoms with Gasteiger partial charge in [0.2, 0.25) is 0 Å². The van der Waals surface area contributed by atoms with Gasteiger partial charge in [0, 0.05) is 11.1 Å². The highest BCUT2D eigenvalue weighted by Crippen LogP contribution is 2.32. The molecule has 0 fully saturated rings. The summed E-state index contributed by atoms with van der Waals surface area (Å²) in [5.74, 6) is 7.46. The van der Waals surface area contributed by atoms with Crippen molar-refractivity contribution in [3.63, 3.8) is 0 Å². The Morgan fingerprint density at radius 1 is 1.25 bits per heavy atom. The fourth-order valence-electron chi connectivity index (χ4n) is 1.39. The number of ether oxygens (including phenoxy) is 2. The summed E-state index contributed by atoms with van der Waals surface area (Å²) in [5, 5.41) is 0. The van der Waals surface area contributed by atoms with E-state index in [1.54, 1.807) is 14.2 Å². The molecular weight excluding hydrogens is 200 g/mol. The number of benzene rings is 1. The van der Waals surface area contributed by atoms with Crippen LogP contribution in [0.1, 0.15) is 18.1 Å². The van der Waals surface area contributed by atoms with Crippen LogP contribution in [0.3, 0.4) is 0 Å². The maximum atomic E-state index is 5.30. The molecule has 0 aliphatic carbocycles. The van der Waals surface area contributed by atoms with E-state index in [1.165, 1.54) is 0 Å². The molecule has 2 nitrogen and oxygen atoms in total. The third-order valence-corrected chi connectivity index (χ3v) is 2.20. The molecule has 0 saturated carbocycles. The molecule has 0 spiro atoms. The SMILES string of the molecule is C=C(C)C#Cc1ccc(OC)c(OC)c1C. The lowest BCUT2D eigenvalue weighted by Gasteiger charge is -2.11. The number of hydrogen-bond acceptors (Lipinski definition) is 2. The second-order valence-corrected chi connectivity index (χ2v) is 3.50. The molecule has 2 heteroatoms. The number of rotatable bonds is 2. The fraction of sp³-hybridized carbons (Fsp3) is 0.286. The van der Waals surface area contributed by atoms with Crippen LogP contribution in [0.5, 0.6) is 11.5 Å². The summed E-state index contributed by atoms with van der Waals surface area (Å²) >= 11 is 0. The molecule has 0 aliphatic rings. The van der Waals surface area contributed by atoms with E-state index < -0.39 is 0 Å². The molecule has 16 heavy (non-hydrogen) atoms. The first-order valence-corrected chi connectivity index (χ1v) is 4.99. The first-order valence-electron chi connectivity index (χ1n) is 4.99. The molecule has 0 aliphatic heterocycles. The Labute approximate surface area is 96.9 Å². The highest BCUT2D eigenvalue weighted by Gasteiger charge is 2.09. The number of allylic oxidation sites excluding steroid dienone is 1. The van der Waals surface area contributed by atoms with Gasteiger partial charge in [-0.25, -0.2) is 0 Å². The lowest BCUT2D eigenvalue weighted by Crippen LogP contribution is -1.95. The summed E-state index contributed by atoms with van der Waals surface area (Å²) < 4.78 is 10.5. The van der Waals surface area contributed by atoms with Crippen LogP contribution in [0.25, 0.3) is 0 Å². The maximum absolute atomic E-state index is 5.30. The molecule has 0 N–H and O–H groups in total. The highest BCUT2D eigenvalue weighted by molar-refractivity contribution is 5.56. The molecule has 0 atom stereocenters. The Balaban J connectivity index is 3.25. The molecule has 1 rings (SSSR count). The van der Waals surface area contributed by atoms with Crippen molar-refractivity contribution in [2.75, 3.05) is 14.2 Å². The second-order valence-electron chi connectivity index (χ2n) is 3.50. The molecule has 84 valence electrons. The summed E-state index contributed by atoms with van der Waals surface area (Å²) in [4.78, 5) is 0. The van der Waals surface area contributed by atoms with Gasteiger partial charge in [-0.3, -0.25) is 0 Å². The van der Waals surface area contributed by atoms with Gasteiger partial charge in [0.05, 0.1) is 14.2 Å².